The Morgan fingerprint density at radius 1 is 0.889 bits per heavy atom. The molecule has 3 aromatic rings. The number of nitrogens with zero attached hydrogens (tertiary/aromatic N) is 2. The Kier molecular flexibility index (Phi) is 5.50. The van der Waals surface area contributed by atoms with Crippen LogP contribution >= 0.6 is 0 Å². The minimum absolute atomic E-state index is 0.114. The van der Waals surface area contributed by atoms with Crippen LogP contribution in [0.5, 0.6) is 5.88 Å². The van der Waals surface area contributed by atoms with E-state index < -0.39 is 0 Å². The third-order valence-corrected chi connectivity index (χ3v) is 4.00. The number of carbonyl (C=O) groups excluding carboxylic acids is 1. The van der Waals surface area contributed by atoms with Crippen molar-refractivity contribution in [2.45, 2.75) is 27.7 Å². The highest BCUT2D eigenvalue weighted by Gasteiger charge is 2.09. The summed E-state index contributed by atoms with van der Waals surface area (Å²) < 4.78 is 5.60. The summed E-state index contributed by atoms with van der Waals surface area (Å²) in [4.78, 5) is 21.1. The minimum atomic E-state index is -0.229. The maximum absolute atomic E-state index is 12.2. The molecule has 0 bridgehead atoms. The fraction of sp³-hybridized carbons (Fsp3) is 0.227. The van der Waals surface area contributed by atoms with E-state index >= 15 is 0 Å². The highest BCUT2D eigenvalue weighted by atomic mass is 16.5. The molecule has 5 nitrogen and oxygen atoms in total. The van der Waals surface area contributed by atoms with Crippen molar-refractivity contribution >= 4 is 11.6 Å². The molecular formula is C22H23N3O2. The smallest absolute Gasteiger partial charge is 0.262 e. The van der Waals surface area contributed by atoms with E-state index in [-0.39, 0.29) is 12.5 Å². The molecule has 138 valence electrons. The predicted molar refractivity (Wildman–Crippen MR) is 107 cm³/mol. The van der Waals surface area contributed by atoms with Crippen molar-refractivity contribution in [2.75, 3.05) is 11.9 Å². The zero-order chi connectivity index (χ0) is 19.4. The minimum Gasteiger partial charge on any atom is -0.467 e. The molecule has 1 heterocycles. The summed E-state index contributed by atoms with van der Waals surface area (Å²) in [5.41, 5.74) is 5.83. The molecule has 0 saturated heterocycles. The monoisotopic (exact) mass is 361 g/mol. The number of anilines is 1. The second kappa shape index (κ2) is 7.99. The van der Waals surface area contributed by atoms with Crippen LogP contribution in [0.25, 0.3) is 11.4 Å². The number of hydrogen-bond donors (Lipinski definition) is 1. The molecule has 1 N–H and O–H groups in total. The van der Waals surface area contributed by atoms with Gasteiger partial charge in [-0.3, -0.25) is 4.79 Å². The van der Waals surface area contributed by atoms with Crippen LogP contribution in [0.3, 0.4) is 0 Å². The Labute approximate surface area is 159 Å². The number of amides is 1. The van der Waals surface area contributed by atoms with Gasteiger partial charge in [-0.2, -0.15) is 4.98 Å². The molecule has 0 spiro atoms. The van der Waals surface area contributed by atoms with Crippen molar-refractivity contribution in [1.29, 1.82) is 0 Å². The molecule has 1 aromatic heterocycles. The topological polar surface area (TPSA) is 64.1 Å². The van der Waals surface area contributed by atoms with E-state index in [4.69, 9.17) is 4.74 Å². The summed E-state index contributed by atoms with van der Waals surface area (Å²) in [7, 11) is 0. The summed E-state index contributed by atoms with van der Waals surface area (Å²) in [5, 5.41) is 2.85. The fourth-order valence-corrected chi connectivity index (χ4v) is 2.83. The summed E-state index contributed by atoms with van der Waals surface area (Å²) >= 11 is 0. The normalized spacial score (nSPS) is 10.5. The first-order chi connectivity index (χ1) is 12.9. The van der Waals surface area contributed by atoms with E-state index in [9.17, 15) is 4.79 Å². The molecule has 5 heteroatoms. The molecule has 1 amide bonds. The number of ether oxygens (including phenoxy) is 1. The second-order valence-electron chi connectivity index (χ2n) is 6.75. The SMILES string of the molecule is Cc1ccc(-c2nc(C)cc(OCC(=O)Nc3cc(C)cc(C)c3)n2)cc1. The van der Waals surface area contributed by atoms with Crippen LogP contribution in [0.4, 0.5) is 5.69 Å². The number of benzene rings is 2. The molecule has 3 rings (SSSR count). The Hall–Kier alpha value is -3.21. The number of aromatic nitrogens is 2. The van der Waals surface area contributed by atoms with Gasteiger partial charge in [-0.25, -0.2) is 4.98 Å². The Morgan fingerprint density at radius 3 is 2.22 bits per heavy atom. The van der Waals surface area contributed by atoms with Gasteiger partial charge >= 0.3 is 0 Å². The largest absolute Gasteiger partial charge is 0.467 e. The van der Waals surface area contributed by atoms with Crippen LogP contribution < -0.4 is 10.1 Å². The van der Waals surface area contributed by atoms with Gasteiger partial charge in [-0.1, -0.05) is 35.9 Å². The van der Waals surface area contributed by atoms with Gasteiger partial charge in [0.25, 0.3) is 5.91 Å². The van der Waals surface area contributed by atoms with E-state index in [1.165, 1.54) is 5.56 Å². The molecule has 0 aliphatic heterocycles. The molecule has 0 unspecified atom stereocenters. The lowest BCUT2D eigenvalue weighted by molar-refractivity contribution is -0.118. The van der Waals surface area contributed by atoms with Gasteiger partial charge in [0, 0.05) is 23.0 Å². The molecule has 0 aliphatic carbocycles. The van der Waals surface area contributed by atoms with Gasteiger partial charge in [0.2, 0.25) is 5.88 Å². The molecule has 0 atom stereocenters. The average molecular weight is 361 g/mol. The van der Waals surface area contributed by atoms with Gasteiger partial charge in [0.1, 0.15) is 0 Å². The van der Waals surface area contributed by atoms with Crippen molar-refractivity contribution in [3.63, 3.8) is 0 Å². The maximum atomic E-state index is 12.2. The molecule has 0 saturated carbocycles. The summed E-state index contributed by atoms with van der Waals surface area (Å²) in [6.07, 6.45) is 0. The van der Waals surface area contributed by atoms with E-state index in [1.807, 2.05) is 64.1 Å². The first-order valence-corrected chi connectivity index (χ1v) is 8.83. The highest BCUT2D eigenvalue weighted by Crippen LogP contribution is 2.20. The lowest BCUT2D eigenvalue weighted by atomic mass is 10.1. The predicted octanol–water partition coefficient (Wildman–Crippen LogP) is 4.39. The van der Waals surface area contributed by atoms with Crippen LogP contribution in [0, 0.1) is 27.7 Å². The first-order valence-electron chi connectivity index (χ1n) is 8.83. The third-order valence-electron chi connectivity index (χ3n) is 4.00. The lowest BCUT2D eigenvalue weighted by Gasteiger charge is -2.10. The molecule has 2 aromatic carbocycles. The van der Waals surface area contributed by atoms with Crippen molar-refractivity contribution < 1.29 is 9.53 Å². The Balaban J connectivity index is 1.68. The van der Waals surface area contributed by atoms with Gasteiger partial charge in [0.05, 0.1) is 0 Å². The highest BCUT2D eigenvalue weighted by molar-refractivity contribution is 5.92. The van der Waals surface area contributed by atoms with Crippen molar-refractivity contribution in [1.82, 2.24) is 9.97 Å². The molecule has 27 heavy (non-hydrogen) atoms. The number of hydrogen-bond acceptors (Lipinski definition) is 4. The third kappa shape index (κ3) is 5.14. The summed E-state index contributed by atoms with van der Waals surface area (Å²) in [5.74, 6) is 0.738. The van der Waals surface area contributed by atoms with E-state index in [0.29, 0.717) is 11.7 Å². The van der Waals surface area contributed by atoms with Gasteiger partial charge in [0.15, 0.2) is 12.4 Å². The summed E-state index contributed by atoms with van der Waals surface area (Å²) in [6, 6.07) is 15.6. The Morgan fingerprint density at radius 2 is 1.56 bits per heavy atom. The van der Waals surface area contributed by atoms with Crippen LogP contribution in [-0.2, 0) is 4.79 Å². The number of carbonyl (C=O) groups is 1. The number of aryl methyl sites for hydroxylation is 4. The quantitative estimate of drug-likeness (QED) is 0.732. The molecule has 0 radical (unpaired) electrons. The first kappa shape index (κ1) is 18.6. The fourth-order valence-electron chi connectivity index (χ4n) is 2.83. The zero-order valence-corrected chi connectivity index (χ0v) is 16.0. The number of nitrogens with one attached hydrogen (secondary N) is 1. The van der Waals surface area contributed by atoms with Crippen LogP contribution in [0.2, 0.25) is 0 Å². The molecule has 0 aliphatic rings. The van der Waals surface area contributed by atoms with Crippen LogP contribution in [0.1, 0.15) is 22.4 Å². The second-order valence-corrected chi connectivity index (χ2v) is 6.75. The van der Waals surface area contributed by atoms with Crippen LogP contribution in [-0.4, -0.2) is 22.5 Å². The van der Waals surface area contributed by atoms with E-state index in [1.54, 1.807) is 6.07 Å². The van der Waals surface area contributed by atoms with Gasteiger partial charge < -0.3 is 10.1 Å². The molecular weight excluding hydrogens is 338 g/mol. The summed E-state index contributed by atoms with van der Waals surface area (Å²) in [6.45, 7) is 7.78. The van der Waals surface area contributed by atoms with Crippen LogP contribution in [0.15, 0.2) is 48.5 Å². The maximum Gasteiger partial charge on any atom is 0.262 e. The van der Waals surface area contributed by atoms with Crippen molar-refractivity contribution in [3.8, 4) is 17.3 Å². The zero-order valence-electron chi connectivity index (χ0n) is 16.0. The van der Waals surface area contributed by atoms with Gasteiger partial charge in [-0.05, 0) is 51.0 Å². The average Bonchev–Trinajstić information content (AvgIpc) is 2.59. The van der Waals surface area contributed by atoms with E-state index in [0.717, 1.165) is 28.1 Å². The standard InChI is InChI=1S/C22H23N3O2/c1-14-5-7-18(8-6-14)22-23-17(4)12-21(25-22)27-13-20(26)24-19-10-15(2)9-16(3)11-19/h5-12H,13H2,1-4H3,(H,24,26). The van der Waals surface area contributed by atoms with Gasteiger partial charge in [-0.15, -0.1) is 0 Å². The molecule has 0 fully saturated rings. The lowest BCUT2D eigenvalue weighted by Crippen LogP contribution is -2.20. The number of rotatable bonds is 5. The van der Waals surface area contributed by atoms with E-state index in [2.05, 4.69) is 21.4 Å². The van der Waals surface area contributed by atoms with Crippen molar-refractivity contribution in [3.05, 3.63) is 70.9 Å². The Bertz CT molecular complexity index is 946. The van der Waals surface area contributed by atoms with Crippen molar-refractivity contribution in [2.24, 2.45) is 0 Å².